The fraction of sp³-hybridized carbons (Fsp3) is 0.500. The molecule has 1 aliphatic heterocycles. The van der Waals surface area contributed by atoms with Crippen molar-refractivity contribution in [3.63, 3.8) is 0 Å². The second-order valence-electron chi connectivity index (χ2n) is 5.70. The molecular formula is C16H22Cl2N2O3. The molecule has 7 heteroatoms. The number of aliphatic carboxylic acids is 1. The van der Waals surface area contributed by atoms with Gasteiger partial charge in [0.2, 0.25) is 5.91 Å². The summed E-state index contributed by atoms with van der Waals surface area (Å²) in [6, 6.07) is 6.76. The Morgan fingerprint density at radius 3 is 2.57 bits per heavy atom. The molecular weight excluding hydrogens is 339 g/mol. The van der Waals surface area contributed by atoms with Gasteiger partial charge in [-0.15, -0.1) is 12.4 Å². The smallest absolute Gasteiger partial charge is 0.320 e. The molecule has 1 fully saturated rings. The van der Waals surface area contributed by atoms with E-state index in [-0.39, 0.29) is 30.9 Å². The summed E-state index contributed by atoms with van der Waals surface area (Å²) < 4.78 is 0. The summed E-state index contributed by atoms with van der Waals surface area (Å²) in [4.78, 5) is 27.0. The predicted octanol–water partition coefficient (Wildman–Crippen LogP) is 2.83. The van der Waals surface area contributed by atoms with Crippen LogP contribution >= 0.6 is 24.0 Å². The van der Waals surface area contributed by atoms with Gasteiger partial charge < -0.3 is 10.0 Å². The first-order valence-corrected chi connectivity index (χ1v) is 7.76. The molecule has 2 unspecified atom stereocenters. The van der Waals surface area contributed by atoms with E-state index in [1.165, 1.54) is 0 Å². The van der Waals surface area contributed by atoms with Crippen LogP contribution in [0.2, 0.25) is 5.02 Å². The summed E-state index contributed by atoms with van der Waals surface area (Å²) in [6.07, 6.45) is 1.43. The van der Waals surface area contributed by atoms with Crippen molar-refractivity contribution < 1.29 is 14.7 Å². The van der Waals surface area contributed by atoms with Crippen molar-refractivity contribution >= 4 is 35.9 Å². The highest BCUT2D eigenvalue weighted by Gasteiger charge is 2.32. The van der Waals surface area contributed by atoms with Gasteiger partial charge in [0.15, 0.2) is 0 Å². The first-order chi connectivity index (χ1) is 10.4. The summed E-state index contributed by atoms with van der Waals surface area (Å²) in [5.41, 5.74) is 0.997. The number of hydrogen-bond donors (Lipinski definition) is 1. The number of carboxylic acid groups (broad SMARTS) is 1. The molecule has 1 aromatic carbocycles. The van der Waals surface area contributed by atoms with Crippen LogP contribution in [0.1, 0.15) is 31.4 Å². The van der Waals surface area contributed by atoms with Crippen molar-refractivity contribution in [1.29, 1.82) is 0 Å². The molecule has 1 amide bonds. The van der Waals surface area contributed by atoms with Crippen LogP contribution in [0, 0.1) is 0 Å². The van der Waals surface area contributed by atoms with Crippen LogP contribution in [0.15, 0.2) is 24.3 Å². The van der Waals surface area contributed by atoms with Gasteiger partial charge in [-0.2, -0.15) is 0 Å². The lowest BCUT2D eigenvalue weighted by atomic mass is 10.1. The largest absolute Gasteiger partial charge is 0.480 e. The van der Waals surface area contributed by atoms with Gasteiger partial charge in [0, 0.05) is 12.1 Å². The fourth-order valence-corrected chi connectivity index (χ4v) is 2.89. The molecule has 0 aliphatic carbocycles. The number of hydrogen-bond acceptors (Lipinski definition) is 3. The molecule has 2 rings (SSSR count). The number of nitrogens with zero attached hydrogens (tertiary/aromatic N) is 2. The number of carboxylic acids is 1. The second kappa shape index (κ2) is 8.52. The lowest BCUT2D eigenvalue weighted by Gasteiger charge is -2.28. The molecule has 2 atom stereocenters. The normalized spacial score (nSPS) is 19.0. The first kappa shape index (κ1) is 19.7. The van der Waals surface area contributed by atoms with E-state index in [1.807, 2.05) is 19.1 Å². The molecule has 5 nitrogen and oxygen atoms in total. The number of likely N-dealkylation sites (tertiary alicyclic amines) is 1. The van der Waals surface area contributed by atoms with Gasteiger partial charge >= 0.3 is 5.97 Å². The highest BCUT2D eigenvalue weighted by Crippen LogP contribution is 2.22. The van der Waals surface area contributed by atoms with Crippen LogP contribution in [-0.4, -0.2) is 53.0 Å². The Labute approximate surface area is 147 Å². The lowest BCUT2D eigenvalue weighted by molar-refractivity contribution is -0.143. The molecule has 1 saturated heterocycles. The second-order valence-corrected chi connectivity index (χ2v) is 6.14. The van der Waals surface area contributed by atoms with Gasteiger partial charge in [-0.3, -0.25) is 14.5 Å². The SMILES string of the molecule is CC(c1ccc(Cl)cc1)N(C)C(=O)CN1CCCC1C(=O)O.Cl. The number of likely N-dealkylation sites (N-methyl/N-ethyl adjacent to an activating group) is 1. The summed E-state index contributed by atoms with van der Waals surface area (Å²) >= 11 is 5.87. The summed E-state index contributed by atoms with van der Waals surface area (Å²) in [5.74, 6) is -0.922. The van der Waals surface area contributed by atoms with Gasteiger partial charge in [0.25, 0.3) is 0 Å². The van der Waals surface area contributed by atoms with Crippen molar-refractivity contribution in [3.8, 4) is 0 Å². The van der Waals surface area contributed by atoms with E-state index in [4.69, 9.17) is 16.7 Å². The Morgan fingerprint density at radius 1 is 1.39 bits per heavy atom. The Balaban J connectivity index is 0.00000264. The zero-order valence-corrected chi connectivity index (χ0v) is 14.8. The molecule has 1 aliphatic rings. The molecule has 1 N–H and O–H groups in total. The van der Waals surface area contributed by atoms with Gasteiger partial charge in [0.05, 0.1) is 12.6 Å². The van der Waals surface area contributed by atoms with E-state index in [9.17, 15) is 9.59 Å². The standard InChI is InChI=1S/C16H21ClN2O3.ClH/c1-11(12-5-7-13(17)8-6-12)18(2)15(20)10-19-9-3-4-14(19)16(21)22;/h5-8,11,14H,3-4,9-10H2,1-2H3,(H,21,22);1H. The van der Waals surface area contributed by atoms with E-state index in [0.29, 0.717) is 18.0 Å². The maximum absolute atomic E-state index is 12.4. The van der Waals surface area contributed by atoms with Crippen LogP contribution in [-0.2, 0) is 9.59 Å². The predicted molar refractivity (Wildman–Crippen MR) is 92.1 cm³/mol. The Kier molecular flexibility index (Phi) is 7.32. The minimum Gasteiger partial charge on any atom is -0.480 e. The zero-order chi connectivity index (χ0) is 16.3. The average Bonchev–Trinajstić information content (AvgIpc) is 2.94. The molecule has 128 valence electrons. The quantitative estimate of drug-likeness (QED) is 0.876. The number of benzene rings is 1. The van der Waals surface area contributed by atoms with Crippen molar-refractivity contribution in [1.82, 2.24) is 9.80 Å². The Bertz CT molecular complexity index is 551. The van der Waals surface area contributed by atoms with Crippen molar-refractivity contribution in [2.75, 3.05) is 20.1 Å². The van der Waals surface area contributed by atoms with Gasteiger partial charge in [-0.05, 0) is 44.0 Å². The van der Waals surface area contributed by atoms with E-state index < -0.39 is 12.0 Å². The molecule has 0 bridgehead atoms. The molecule has 23 heavy (non-hydrogen) atoms. The zero-order valence-electron chi connectivity index (χ0n) is 13.2. The topological polar surface area (TPSA) is 60.9 Å². The van der Waals surface area contributed by atoms with Crippen LogP contribution in [0.25, 0.3) is 0 Å². The summed E-state index contributed by atoms with van der Waals surface area (Å²) in [6.45, 7) is 2.75. The highest BCUT2D eigenvalue weighted by atomic mass is 35.5. The number of halogens is 2. The van der Waals surface area contributed by atoms with Crippen LogP contribution in [0.5, 0.6) is 0 Å². The highest BCUT2D eigenvalue weighted by molar-refractivity contribution is 6.30. The number of carbonyl (C=O) groups is 2. The summed E-state index contributed by atoms with van der Waals surface area (Å²) in [7, 11) is 1.74. The van der Waals surface area contributed by atoms with E-state index in [0.717, 1.165) is 12.0 Å². The first-order valence-electron chi connectivity index (χ1n) is 7.38. The minimum absolute atomic E-state index is 0. The van der Waals surface area contributed by atoms with E-state index in [2.05, 4.69) is 0 Å². The molecule has 0 aromatic heterocycles. The van der Waals surface area contributed by atoms with Gasteiger partial charge in [-0.1, -0.05) is 23.7 Å². The summed E-state index contributed by atoms with van der Waals surface area (Å²) in [5, 5.41) is 9.83. The molecule has 0 saturated carbocycles. The van der Waals surface area contributed by atoms with Gasteiger partial charge in [0.1, 0.15) is 6.04 Å². The lowest BCUT2D eigenvalue weighted by Crippen LogP contribution is -2.44. The van der Waals surface area contributed by atoms with Crippen LogP contribution in [0.4, 0.5) is 0 Å². The number of rotatable bonds is 5. The maximum Gasteiger partial charge on any atom is 0.320 e. The third-order valence-corrected chi connectivity index (χ3v) is 4.57. The van der Waals surface area contributed by atoms with E-state index in [1.54, 1.807) is 29.0 Å². The number of carbonyl (C=O) groups excluding carboxylic acids is 1. The Hall–Kier alpha value is -1.30. The van der Waals surface area contributed by atoms with Gasteiger partial charge in [-0.25, -0.2) is 0 Å². The molecule has 0 spiro atoms. The molecule has 1 heterocycles. The van der Waals surface area contributed by atoms with Crippen LogP contribution in [0.3, 0.4) is 0 Å². The average molecular weight is 361 g/mol. The Morgan fingerprint density at radius 2 is 2.00 bits per heavy atom. The fourth-order valence-electron chi connectivity index (χ4n) is 2.76. The maximum atomic E-state index is 12.4. The van der Waals surface area contributed by atoms with Crippen molar-refractivity contribution in [2.45, 2.75) is 31.8 Å². The third-order valence-electron chi connectivity index (χ3n) is 4.31. The van der Waals surface area contributed by atoms with E-state index >= 15 is 0 Å². The monoisotopic (exact) mass is 360 g/mol. The van der Waals surface area contributed by atoms with Crippen molar-refractivity contribution in [2.24, 2.45) is 0 Å². The van der Waals surface area contributed by atoms with Crippen LogP contribution < -0.4 is 0 Å². The molecule has 1 aromatic rings. The molecule has 0 radical (unpaired) electrons. The third kappa shape index (κ3) is 4.83. The number of amides is 1. The van der Waals surface area contributed by atoms with Crippen molar-refractivity contribution in [3.05, 3.63) is 34.9 Å². The minimum atomic E-state index is -0.848.